The maximum absolute atomic E-state index is 5.67. The topological polar surface area (TPSA) is 29.3 Å². The summed E-state index contributed by atoms with van der Waals surface area (Å²) in [6.45, 7) is 5.76. The van der Waals surface area contributed by atoms with Crippen molar-refractivity contribution < 1.29 is 0 Å². The molecule has 2 nitrogen and oxygen atoms in total. The highest BCUT2D eigenvalue weighted by Gasteiger charge is 2.18. The lowest BCUT2D eigenvalue weighted by atomic mass is 9.85. The lowest BCUT2D eigenvalue weighted by Gasteiger charge is -2.30. The lowest BCUT2D eigenvalue weighted by Crippen LogP contribution is -2.30. The van der Waals surface area contributed by atoms with Crippen LogP contribution in [-0.4, -0.2) is 31.6 Å². The van der Waals surface area contributed by atoms with Crippen molar-refractivity contribution in [1.82, 2.24) is 4.90 Å². The summed E-state index contributed by atoms with van der Waals surface area (Å²) in [5.41, 5.74) is 5.67. The van der Waals surface area contributed by atoms with E-state index in [9.17, 15) is 0 Å². The van der Waals surface area contributed by atoms with Crippen LogP contribution in [0.15, 0.2) is 0 Å². The third-order valence-electron chi connectivity index (χ3n) is 4.22. The van der Waals surface area contributed by atoms with Gasteiger partial charge in [0.2, 0.25) is 0 Å². The molecule has 102 valence electrons. The third-order valence-corrected chi connectivity index (χ3v) is 4.22. The minimum Gasteiger partial charge on any atom is -0.330 e. The quantitative estimate of drug-likeness (QED) is 0.635. The zero-order valence-corrected chi connectivity index (χ0v) is 12.0. The van der Waals surface area contributed by atoms with E-state index in [0.717, 1.165) is 18.4 Å². The fourth-order valence-electron chi connectivity index (χ4n) is 2.93. The minimum atomic E-state index is 0.864. The Morgan fingerprint density at radius 1 is 1.24 bits per heavy atom. The van der Waals surface area contributed by atoms with Crippen LogP contribution in [0.5, 0.6) is 0 Å². The van der Waals surface area contributed by atoms with Gasteiger partial charge in [-0.1, -0.05) is 26.2 Å². The molecule has 0 aliphatic heterocycles. The predicted octanol–water partition coefficient (Wildman–Crippen LogP) is 3.26. The van der Waals surface area contributed by atoms with Crippen LogP contribution in [0.4, 0.5) is 0 Å². The number of nitrogens with two attached hydrogens (primary N) is 1. The van der Waals surface area contributed by atoms with E-state index in [0.29, 0.717) is 0 Å². The Bertz CT molecular complexity index is 172. The molecular weight excluding hydrogens is 208 g/mol. The molecule has 1 rings (SSSR count). The molecule has 2 N–H and O–H groups in total. The Morgan fingerprint density at radius 2 is 2.00 bits per heavy atom. The van der Waals surface area contributed by atoms with E-state index in [2.05, 4.69) is 18.9 Å². The van der Waals surface area contributed by atoms with E-state index in [1.54, 1.807) is 0 Å². The molecule has 0 spiro atoms. The average Bonchev–Trinajstić information content (AvgIpc) is 2.24. The summed E-state index contributed by atoms with van der Waals surface area (Å²) in [5, 5.41) is 0. The van der Waals surface area contributed by atoms with E-state index >= 15 is 0 Å². The standard InChI is InChI=1S/C15H32N2/c1-3-6-14(10-11-16)9-5-12-17(2)13-15-7-4-8-15/h14-15H,3-13,16H2,1-2H3. The molecule has 17 heavy (non-hydrogen) atoms. The van der Waals surface area contributed by atoms with E-state index in [4.69, 9.17) is 5.73 Å². The van der Waals surface area contributed by atoms with Crippen molar-refractivity contribution >= 4 is 0 Å². The molecule has 1 aliphatic carbocycles. The molecule has 1 aliphatic rings. The molecule has 0 amide bonds. The van der Waals surface area contributed by atoms with Gasteiger partial charge in [-0.3, -0.25) is 0 Å². The van der Waals surface area contributed by atoms with Crippen LogP contribution in [0.25, 0.3) is 0 Å². The fraction of sp³-hybridized carbons (Fsp3) is 1.00. The second kappa shape index (κ2) is 8.93. The SMILES string of the molecule is CCCC(CCN)CCCN(C)CC1CCC1. The summed E-state index contributed by atoms with van der Waals surface area (Å²) >= 11 is 0. The van der Waals surface area contributed by atoms with Gasteiger partial charge in [-0.2, -0.15) is 0 Å². The molecule has 0 radical (unpaired) electrons. The molecule has 0 aromatic carbocycles. The van der Waals surface area contributed by atoms with Crippen LogP contribution >= 0.6 is 0 Å². The molecule has 1 atom stereocenters. The van der Waals surface area contributed by atoms with Crippen molar-refractivity contribution in [3.63, 3.8) is 0 Å². The van der Waals surface area contributed by atoms with Crippen molar-refractivity contribution in [2.24, 2.45) is 17.6 Å². The van der Waals surface area contributed by atoms with Crippen LogP contribution in [0.1, 0.15) is 58.3 Å². The molecule has 0 bridgehead atoms. The molecule has 1 fully saturated rings. The molecule has 0 aromatic heterocycles. The smallest absolute Gasteiger partial charge is 0.000661 e. The van der Waals surface area contributed by atoms with Crippen LogP contribution in [0.3, 0.4) is 0 Å². The third kappa shape index (κ3) is 6.42. The number of nitrogens with zero attached hydrogens (tertiary/aromatic N) is 1. The molecule has 1 unspecified atom stereocenters. The Hall–Kier alpha value is -0.0800. The van der Waals surface area contributed by atoms with Crippen LogP contribution in [0.2, 0.25) is 0 Å². The number of hydrogen-bond acceptors (Lipinski definition) is 2. The Balaban J connectivity index is 2.02. The second-order valence-corrected chi connectivity index (χ2v) is 5.93. The molecule has 0 saturated heterocycles. The van der Waals surface area contributed by atoms with Crippen molar-refractivity contribution in [3.8, 4) is 0 Å². The van der Waals surface area contributed by atoms with Crippen molar-refractivity contribution in [2.75, 3.05) is 26.7 Å². The maximum Gasteiger partial charge on any atom is 0.000661 e. The molecule has 2 heteroatoms. The highest BCUT2D eigenvalue weighted by atomic mass is 15.1. The molecular formula is C15H32N2. The lowest BCUT2D eigenvalue weighted by molar-refractivity contribution is 0.199. The van der Waals surface area contributed by atoms with Gasteiger partial charge in [0.1, 0.15) is 0 Å². The summed E-state index contributed by atoms with van der Waals surface area (Å²) in [4.78, 5) is 2.54. The highest BCUT2D eigenvalue weighted by molar-refractivity contribution is 4.72. The van der Waals surface area contributed by atoms with Gasteiger partial charge in [-0.25, -0.2) is 0 Å². The van der Waals surface area contributed by atoms with Gasteiger partial charge in [0.25, 0.3) is 0 Å². The van der Waals surface area contributed by atoms with Gasteiger partial charge >= 0.3 is 0 Å². The second-order valence-electron chi connectivity index (χ2n) is 5.93. The Kier molecular flexibility index (Phi) is 7.87. The molecule has 0 heterocycles. The largest absolute Gasteiger partial charge is 0.330 e. The van der Waals surface area contributed by atoms with E-state index < -0.39 is 0 Å². The van der Waals surface area contributed by atoms with Gasteiger partial charge in [-0.05, 0) is 64.1 Å². The first-order chi connectivity index (χ1) is 8.26. The predicted molar refractivity (Wildman–Crippen MR) is 76.1 cm³/mol. The van der Waals surface area contributed by atoms with Crippen LogP contribution < -0.4 is 5.73 Å². The monoisotopic (exact) mass is 240 g/mol. The summed E-state index contributed by atoms with van der Waals surface area (Å²) in [6, 6.07) is 0. The van der Waals surface area contributed by atoms with Gasteiger partial charge in [0.05, 0.1) is 0 Å². The van der Waals surface area contributed by atoms with E-state index in [-0.39, 0.29) is 0 Å². The number of hydrogen-bond donors (Lipinski definition) is 1. The van der Waals surface area contributed by atoms with Crippen LogP contribution in [0, 0.1) is 11.8 Å². The van der Waals surface area contributed by atoms with Crippen LogP contribution in [-0.2, 0) is 0 Å². The van der Waals surface area contributed by atoms with Crippen molar-refractivity contribution in [3.05, 3.63) is 0 Å². The Labute approximate surface area is 108 Å². The Morgan fingerprint density at radius 3 is 2.53 bits per heavy atom. The van der Waals surface area contributed by atoms with E-state index in [1.807, 2.05) is 0 Å². The van der Waals surface area contributed by atoms with Gasteiger partial charge in [-0.15, -0.1) is 0 Å². The average molecular weight is 240 g/mol. The van der Waals surface area contributed by atoms with Crippen molar-refractivity contribution in [2.45, 2.75) is 58.3 Å². The fourth-order valence-corrected chi connectivity index (χ4v) is 2.93. The summed E-state index contributed by atoms with van der Waals surface area (Å²) < 4.78 is 0. The maximum atomic E-state index is 5.67. The minimum absolute atomic E-state index is 0.864. The van der Waals surface area contributed by atoms with E-state index in [1.165, 1.54) is 64.5 Å². The summed E-state index contributed by atoms with van der Waals surface area (Å²) in [5.74, 6) is 1.89. The van der Waals surface area contributed by atoms with Gasteiger partial charge in [0.15, 0.2) is 0 Å². The van der Waals surface area contributed by atoms with Gasteiger partial charge in [0, 0.05) is 6.54 Å². The highest BCUT2D eigenvalue weighted by Crippen LogP contribution is 2.26. The summed E-state index contributed by atoms with van der Waals surface area (Å²) in [7, 11) is 2.29. The zero-order chi connectivity index (χ0) is 12.5. The molecule has 1 saturated carbocycles. The summed E-state index contributed by atoms with van der Waals surface area (Å²) in [6.07, 6.45) is 11.0. The normalized spacial score (nSPS) is 18.4. The first kappa shape index (κ1) is 15.0. The first-order valence-electron chi connectivity index (χ1n) is 7.64. The van der Waals surface area contributed by atoms with Gasteiger partial charge < -0.3 is 10.6 Å². The molecule has 0 aromatic rings. The number of rotatable bonds is 10. The van der Waals surface area contributed by atoms with Crippen molar-refractivity contribution in [1.29, 1.82) is 0 Å². The zero-order valence-electron chi connectivity index (χ0n) is 12.0. The first-order valence-corrected chi connectivity index (χ1v) is 7.64.